The normalized spacial score (nSPS) is 11.0. The van der Waals surface area contributed by atoms with Crippen molar-refractivity contribution in [3.8, 4) is 0 Å². The van der Waals surface area contributed by atoms with E-state index in [2.05, 4.69) is 0 Å². The van der Waals surface area contributed by atoms with Crippen molar-refractivity contribution in [1.82, 2.24) is 5.06 Å². The average molecular weight is 177 g/mol. The summed E-state index contributed by atoms with van der Waals surface area (Å²) in [5.74, 6) is 0. The summed E-state index contributed by atoms with van der Waals surface area (Å²) < 4.78 is 0. The van der Waals surface area contributed by atoms with Crippen molar-refractivity contribution >= 4 is 0 Å². The summed E-state index contributed by atoms with van der Waals surface area (Å²) in [4.78, 5) is 0. The summed E-state index contributed by atoms with van der Waals surface area (Å²) in [7, 11) is 0. The first-order valence-electron chi connectivity index (χ1n) is 4.47. The minimum atomic E-state index is -0.500. The highest BCUT2D eigenvalue weighted by molar-refractivity contribution is 4.50. The Hall–Kier alpha value is -0.120. The number of hydroxylamine groups is 2. The molecule has 0 aliphatic heterocycles. The highest BCUT2D eigenvalue weighted by atomic mass is 16.5. The van der Waals surface area contributed by atoms with E-state index in [9.17, 15) is 0 Å². The molecule has 0 bridgehead atoms. The first kappa shape index (κ1) is 14.4. The molecule has 0 rings (SSSR count). The van der Waals surface area contributed by atoms with Crippen LogP contribution in [0.25, 0.3) is 0 Å². The molecule has 0 unspecified atom stereocenters. The van der Waals surface area contributed by atoms with Crippen molar-refractivity contribution in [1.29, 1.82) is 0 Å². The van der Waals surface area contributed by atoms with E-state index in [-0.39, 0.29) is 0 Å². The number of hydrogen-bond donors (Lipinski definition) is 2. The third-order valence-electron chi connectivity index (χ3n) is 0.847. The van der Waals surface area contributed by atoms with Crippen LogP contribution in [0.15, 0.2) is 0 Å². The largest absolute Gasteiger partial charge is 0.391 e. The lowest BCUT2D eigenvalue weighted by Gasteiger charge is -2.07. The Labute approximate surface area is 76.0 Å². The molecule has 0 spiro atoms. The summed E-state index contributed by atoms with van der Waals surface area (Å²) in [6.07, 6.45) is 1.02. The van der Waals surface area contributed by atoms with Crippen LogP contribution in [0.4, 0.5) is 0 Å². The van der Waals surface area contributed by atoms with Crippen molar-refractivity contribution in [2.75, 3.05) is 13.1 Å². The van der Waals surface area contributed by atoms with Crippen molar-refractivity contribution < 1.29 is 10.3 Å². The fourth-order valence-electron chi connectivity index (χ4n) is 0.416. The number of aliphatic hydroxyl groups is 1. The molecule has 2 N–H and O–H groups in total. The van der Waals surface area contributed by atoms with E-state index >= 15 is 0 Å². The van der Waals surface area contributed by atoms with Gasteiger partial charge in [0.1, 0.15) is 0 Å². The maximum atomic E-state index is 8.69. The van der Waals surface area contributed by atoms with Crippen LogP contribution in [0.2, 0.25) is 0 Å². The van der Waals surface area contributed by atoms with Gasteiger partial charge in [-0.2, -0.15) is 5.06 Å². The third kappa shape index (κ3) is 32.7. The summed E-state index contributed by atoms with van der Waals surface area (Å²) in [6, 6.07) is 0. The van der Waals surface area contributed by atoms with Crippen molar-refractivity contribution in [2.24, 2.45) is 0 Å². The molecule has 0 aromatic heterocycles. The smallest absolute Gasteiger partial charge is 0.0563 e. The second kappa shape index (κ2) is 7.53. The van der Waals surface area contributed by atoms with Crippen LogP contribution in [0, 0.1) is 0 Å². The molecule has 0 saturated carbocycles. The molecule has 0 saturated heterocycles. The predicted octanol–water partition coefficient (Wildman–Crippen LogP) is 1.88. The van der Waals surface area contributed by atoms with Crippen molar-refractivity contribution in [2.45, 2.75) is 46.6 Å². The minimum Gasteiger partial charge on any atom is -0.391 e. The fourth-order valence-corrected chi connectivity index (χ4v) is 0.416. The molecule has 0 aromatic rings. The molecule has 12 heavy (non-hydrogen) atoms. The summed E-state index contributed by atoms with van der Waals surface area (Å²) in [5.41, 5.74) is -0.500. The second-order valence-electron chi connectivity index (χ2n) is 3.72. The van der Waals surface area contributed by atoms with E-state index in [0.717, 1.165) is 19.5 Å². The predicted molar refractivity (Wildman–Crippen MR) is 51.3 cm³/mol. The monoisotopic (exact) mass is 177 g/mol. The molecule has 0 aliphatic rings. The van der Waals surface area contributed by atoms with E-state index in [1.807, 2.05) is 13.8 Å². The van der Waals surface area contributed by atoms with Gasteiger partial charge in [-0.1, -0.05) is 13.8 Å². The zero-order valence-corrected chi connectivity index (χ0v) is 8.96. The zero-order chi connectivity index (χ0) is 10.2. The zero-order valence-electron chi connectivity index (χ0n) is 8.96. The highest BCUT2D eigenvalue weighted by Gasteiger charge is 1.97. The van der Waals surface area contributed by atoms with Gasteiger partial charge in [0.05, 0.1) is 5.60 Å². The quantitative estimate of drug-likeness (QED) is 0.647. The van der Waals surface area contributed by atoms with E-state index in [4.69, 9.17) is 10.3 Å². The summed E-state index contributed by atoms with van der Waals surface area (Å²) in [6.45, 7) is 10.7. The van der Waals surface area contributed by atoms with Crippen molar-refractivity contribution in [3.05, 3.63) is 0 Å². The van der Waals surface area contributed by atoms with Gasteiger partial charge in [-0.3, -0.25) is 0 Å². The van der Waals surface area contributed by atoms with Gasteiger partial charge in [0.2, 0.25) is 0 Å². The van der Waals surface area contributed by atoms with Crippen LogP contribution in [0.5, 0.6) is 0 Å². The Bertz CT molecular complexity index is 83.0. The summed E-state index contributed by atoms with van der Waals surface area (Å²) in [5, 5.41) is 18.5. The summed E-state index contributed by atoms with van der Waals surface area (Å²) >= 11 is 0. The molecule has 0 atom stereocenters. The molecule has 0 amide bonds. The van der Waals surface area contributed by atoms with Crippen LogP contribution in [-0.4, -0.2) is 34.1 Å². The first-order valence-corrected chi connectivity index (χ1v) is 4.47. The molecule has 3 heteroatoms. The Morgan fingerprint density at radius 1 is 1.17 bits per heavy atom. The SMILES string of the molecule is CC(C)(C)O.CCCN(O)CC. The lowest BCUT2D eigenvalue weighted by Crippen LogP contribution is -2.18. The van der Waals surface area contributed by atoms with E-state index < -0.39 is 5.60 Å². The van der Waals surface area contributed by atoms with E-state index in [1.54, 1.807) is 20.8 Å². The van der Waals surface area contributed by atoms with Crippen LogP contribution in [0.1, 0.15) is 41.0 Å². The standard InChI is InChI=1S/C5H13NO.C4H10O/c1-3-5-6(7)4-2;1-4(2,3)5/h7H,3-5H2,1-2H3;5H,1-3H3. The van der Waals surface area contributed by atoms with Crippen LogP contribution in [-0.2, 0) is 0 Å². The Kier molecular flexibility index (Phi) is 9.03. The Morgan fingerprint density at radius 2 is 1.50 bits per heavy atom. The van der Waals surface area contributed by atoms with Crippen molar-refractivity contribution in [3.63, 3.8) is 0 Å². The lowest BCUT2D eigenvalue weighted by atomic mass is 10.2. The van der Waals surface area contributed by atoms with Gasteiger partial charge in [-0.05, 0) is 27.2 Å². The molecule has 0 heterocycles. The number of hydrogen-bond acceptors (Lipinski definition) is 3. The molecule has 0 radical (unpaired) electrons. The average Bonchev–Trinajstić information content (AvgIpc) is 1.85. The molecular formula is C9H23NO2. The number of nitrogens with zero attached hydrogens (tertiary/aromatic N) is 1. The highest BCUT2D eigenvalue weighted by Crippen LogP contribution is 1.93. The first-order chi connectivity index (χ1) is 5.31. The van der Waals surface area contributed by atoms with Gasteiger partial charge in [0.15, 0.2) is 0 Å². The maximum Gasteiger partial charge on any atom is 0.0563 e. The van der Waals surface area contributed by atoms with E-state index in [1.165, 1.54) is 5.06 Å². The number of rotatable bonds is 3. The van der Waals surface area contributed by atoms with Gasteiger partial charge in [-0.15, -0.1) is 0 Å². The van der Waals surface area contributed by atoms with Crippen LogP contribution >= 0.6 is 0 Å². The molecule has 0 aliphatic carbocycles. The molecule has 76 valence electrons. The molecule has 0 fully saturated rings. The van der Waals surface area contributed by atoms with Crippen LogP contribution < -0.4 is 0 Å². The molecule has 3 nitrogen and oxygen atoms in total. The van der Waals surface area contributed by atoms with Gasteiger partial charge < -0.3 is 10.3 Å². The van der Waals surface area contributed by atoms with E-state index in [0.29, 0.717) is 0 Å². The fraction of sp³-hybridized carbons (Fsp3) is 1.00. The Morgan fingerprint density at radius 3 is 1.58 bits per heavy atom. The maximum absolute atomic E-state index is 8.69. The van der Waals surface area contributed by atoms with Gasteiger partial charge in [0, 0.05) is 13.1 Å². The lowest BCUT2D eigenvalue weighted by molar-refractivity contribution is -0.0857. The van der Waals surface area contributed by atoms with Gasteiger partial charge in [-0.25, -0.2) is 0 Å². The minimum absolute atomic E-state index is 0.500. The molecular weight excluding hydrogens is 154 g/mol. The topological polar surface area (TPSA) is 43.7 Å². The molecule has 0 aromatic carbocycles. The van der Waals surface area contributed by atoms with Gasteiger partial charge in [0.25, 0.3) is 0 Å². The van der Waals surface area contributed by atoms with Gasteiger partial charge >= 0.3 is 0 Å². The third-order valence-corrected chi connectivity index (χ3v) is 0.847. The Balaban J connectivity index is 0. The van der Waals surface area contributed by atoms with Crippen LogP contribution in [0.3, 0.4) is 0 Å². The second-order valence-corrected chi connectivity index (χ2v) is 3.72.